The van der Waals surface area contributed by atoms with Crippen molar-refractivity contribution in [3.63, 3.8) is 0 Å². The highest BCUT2D eigenvalue weighted by Crippen LogP contribution is 2.24. The van der Waals surface area contributed by atoms with Crippen molar-refractivity contribution in [2.75, 3.05) is 38.0 Å². The van der Waals surface area contributed by atoms with E-state index in [1.54, 1.807) is 13.8 Å². The van der Waals surface area contributed by atoms with Gasteiger partial charge in [-0.2, -0.15) is 4.31 Å². The molecule has 0 unspecified atom stereocenters. The van der Waals surface area contributed by atoms with Crippen LogP contribution in [0.5, 0.6) is 0 Å². The first-order valence-corrected chi connectivity index (χ1v) is 10.8. The standard InChI is InChI=1S/C19H26N4O4S/c1-4-16-7-5-6-8-17(16)20-18(24)13-22-9-11-23(12-10-22)28(25,26)19-14(2)21-27-15(19)3/h5-8H,4,9-13H2,1-3H3,(H,20,24). The molecule has 8 nitrogen and oxygen atoms in total. The summed E-state index contributed by atoms with van der Waals surface area (Å²) >= 11 is 0. The van der Waals surface area contributed by atoms with E-state index in [1.807, 2.05) is 36.1 Å². The van der Waals surface area contributed by atoms with Crippen LogP contribution in [0.3, 0.4) is 0 Å². The molecule has 0 spiro atoms. The number of hydrogen-bond acceptors (Lipinski definition) is 6. The summed E-state index contributed by atoms with van der Waals surface area (Å²) < 4.78 is 32.2. The van der Waals surface area contributed by atoms with Crippen molar-refractivity contribution in [3.8, 4) is 0 Å². The number of anilines is 1. The molecule has 0 bridgehead atoms. The Bertz CT molecular complexity index is 927. The Morgan fingerprint density at radius 3 is 2.46 bits per heavy atom. The maximum Gasteiger partial charge on any atom is 0.248 e. The second kappa shape index (κ2) is 8.42. The smallest absolute Gasteiger partial charge is 0.248 e. The highest BCUT2D eigenvalue weighted by molar-refractivity contribution is 7.89. The highest BCUT2D eigenvalue weighted by Gasteiger charge is 2.33. The molecule has 0 aliphatic carbocycles. The first-order chi connectivity index (χ1) is 13.3. The number of benzene rings is 1. The molecule has 1 aromatic carbocycles. The molecule has 1 amide bonds. The van der Waals surface area contributed by atoms with Crippen LogP contribution in [0.4, 0.5) is 5.69 Å². The molecule has 3 rings (SSSR count). The van der Waals surface area contributed by atoms with Gasteiger partial charge in [0.05, 0.1) is 6.54 Å². The van der Waals surface area contributed by atoms with Gasteiger partial charge in [-0.15, -0.1) is 0 Å². The van der Waals surface area contributed by atoms with Gasteiger partial charge in [-0.1, -0.05) is 30.3 Å². The molecule has 1 aliphatic heterocycles. The SMILES string of the molecule is CCc1ccccc1NC(=O)CN1CCN(S(=O)(=O)c2c(C)noc2C)CC1. The lowest BCUT2D eigenvalue weighted by molar-refractivity contribution is -0.117. The molecule has 2 heterocycles. The molecule has 0 radical (unpaired) electrons. The van der Waals surface area contributed by atoms with E-state index in [2.05, 4.69) is 10.5 Å². The Balaban J connectivity index is 1.58. The maximum atomic E-state index is 12.9. The average molecular weight is 407 g/mol. The highest BCUT2D eigenvalue weighted by atomic mass is 32.2. The van der Waals surface area contributed by atoms with Crippen LogP contribution in [0.1, 0.15) is 23.9 Å². The number of piperazine rings is 1. The lowest BCUT2D eigenvalue weighted by atomic mass is 10.1. The molecule has 1 N–H and O–H groups in total. The molecule has 0 atom stereocenters. The third kappa shape index (κ3) is 4.26. The first-order valence-electron chi connectivity index (χ1n) is 9.36. The molecule has 1 saturated heterocycles. The summed E-state index contributed by atoms with van der Waals surface area (Å²) in [7, 11) is -3.64. The molecule has 2 aromatic rings. The third-order valence-corrected chi connectivity index (χ3v) is 7.08. The Hall–Kier alpha value is -2.23. The zero-order chi connectivity index (χ0) is 20.3. The van der Waals surface area contributed by atoms with Crippen molar-refractivity contribution in [2.45, 2.75) is 32.1 Å². The van der Waals surface area contributed by atoms with E-state index in [1.165, 1.54) is 4.31 Å². The molecular weight excluding hydrogens is 380 g/mol. The van der Waals surface area contributed by atoms with Crippen LogP contribution in [0, 0.1) is 13.8 Å². The van der Waals surface area contributed by atoms with Gasteiger partial charge >= 0.3 is 0 Å². The topological polar surface area (TPSA) is 95.8 Å². The summed E-state index contributed by atoms with van der Waals surface area (Å²) in [5.41, 5.74) is 2.29. The maximum absolute atomic E-state index is 12.9. The fourth-order valence-electron chi connectivity index (χ4n) is 3.44. The minimum Gasteiger partial charge on any atom is -0.360 e. The molecular formula is C19H26N4O4S. The lowest BCUT2D eigenvalue weighted by Gasteiger charge is -2.33. The van der Waals surface area contributed by atoms with E-state index in [9.17, 15) is 13.2 Å². The van der Waals surface area contributed by atoms with Gasteiger partial charge in [0.1, 0.15) is 10.6 Å². The van der Waals surface area contributed by atoms with Crippen LogP contribution in [-0.2, 0) is 21.2 Å². The second-order valence-electron chi connectivity index (χ2n) is 6.89. The summed E-state index contributed by atoms with van der Waals surface area (Å²) in [6, 6.07) is 7.74. The monoisotopic (exact) mass is 406 g/mol. The minimum atomic E-state index is -3.64. The number of para-hydroxylation sites is 1. The number of hydrogen-bond donors (Lipinski definition) is 1. The fourth-order valence-corrected chi connectivity index (χ4v) is 5.16. The van der Waals surface area contributed by atoms with E-state index in [-0.39, 0.29) is 17.3 Å². The zero-order valence-corrected chi connectivity index (χ0v) is 17.3. The van der Waals surface area contributed by atoms with Crippen molar-refractivity contribution in [1.82, 2.24) is 14.4 Å². The number of sulfonamides is 1. The van der Waals surface area contributed by atoms with Crippen LogP contribution in [-0.4, -0.2) is 61.4 Å². The van der Waals surface area contributed by atoms with Gasteiger partial charge in [0.25, 0.3) is 0 Å². The van der Waals surface area contributed by atoms with Crippen LogP contribution < -0.4 is 5.32 Å². The normalized spacial score (nSPS) is 16.2. The minimum absolute atomic E-state index is 0.0945. The van der Waals surface area contributed by atoms with Crippen LogP contribution in [0.2, 0.25) is 0 Å². The summed E-state index contributed by atoms with van der Waals surface area (Å²) in [4.78, 5) is 14.5. The Kier molecular flexibility index (Phi) is 6.17. The van der Waals surface area contributed by atoms with Crippen LogP contribution >= 0.6 is 0 Å². The number of aromatic nitrogens is 1. The van der Waals surface area contributed by atoms with Gasteiger partial charge in [-0.25, -0.2) is 8.42 Å². The molecule has 0 saturated carbocycles. The third-order valence-electron chi connectivity index (χ3n) is 4.94. The summed E-state index contributed by atoms with van der Waals surface area (Å²) in [6.45, 7) is 7.13. The van der Waals surface area contributed by atoms with Crippen molar-refractivity contribution in [2.24, 2.45) is 0 Å². The van der Waals surface area contributed by atoms with Crippen LogP contribution in [0.25, 0.3) is 0 Å². The number of carbonyl (C=O) groups excluding carboxylic acids is 1. The van der Waals surface area contributed by atoms with Crippen LogP contribution in [0.15, 0.2) is 33.7 Å². The Morgan fingerprint density at radius 2 is 1.86 bits per heavy atom. The number of amides is 1. The lowest BCUT2D eigenvalue weighted by Crippen LogP contribution is -2.50. The van der Waals surface area contributed by atoms with E-state index < -0.39 is 10.0 Å². The van der Waals surface area contributed by atoms with Gasteiger partial charge < -0.3 is 9.84 Å². The van der Waals surface area contributed by atoms with Gasteiger partial charge in [0.15, 0.2) is 5.76 Å². The number of rotatable bonds is 6. The van der Waals surface area contributed by atoms with Crippen molar-refractivity contribution in [3.05, 3.63) is 41.3 Å². The first kappa shape index (κ1) is 20.5. The Morgan fingerprint density at radius 1 is 1.18 bits per heavy atom. The summed E-state index contributed by atoms with van der Waals surface area (Å²) in [6.07, 6.45) is 0.842. The molecule has 1 aromatic heterocycles. The van der Waals surface area contributed by atoms with Gasteiger partial charge in [-0.3, -0.25) is 9.69 Å². The zero-order valence-electron chi connectivity index (χ0n) is 16.4. The Labute approximate surface area is 165 Å². The van der Waals surface area contributed by atoms with Gasteiger partial charge in [0, 0.05) is 31.9 Å². The number of aryl methyl sites for hydroxylation is 3. The van der Waals surface area contributed by atoms with Gasteiger partial charge in [-0.05, 0) is 31.9 Å². The van der Waals surface area contributed by atoms with Gasteiger partial charge in [0.2, 0.25) is 15.9 Å². The molecule has 1 fully saturated rings. The van der Waals surface area contributed by atoms with E-state index in [4.69, 9.17) is 4.52 Å². The predicted molar refractivity (Wildman–Crippen MR) is 106 cm³/mol. The molecule has 1 aliphatic rings. The van der Waals surface area contributed by atoms with E-state index >= 15 is 0 Å². The summed E-state index contributed by atoms with van der Waals surface area (Å²) in [5, 5.41) is 6.70. The van der Waals surface area contributed by atoms with E-state index in [0.717, 1.165) is 17.7 Å². The number of carbonyl (C=O) groups is 1. The predicted octanol–water partition coefficient (Wildman–Crippen LogP) is 1.80. The average Bonchev–Trinajstić information content (AvgIpc) is 3.01. The largest absolute Gasteiger partial charge is 0.360 e. The summed E-state index contributed by atoms with van der Waals surface area (Å²) in [5.74, 6) is 0.205. The quantitative estimate of drug-likeness (QED) is 0.786. The van der Waals surface area contributed by atoms with Crippen molar-refractivity contribution >= 4 is 21.6 Å². The molecule has 152 valence electrons. The number of nitrogens with one attached hydrogen (secondary N) is 1. The van der Waals surface area contributed by atoms with Crippen molar-refractivity contribution in [1.29, 1.82) is 0 Å². The van der Waals surface area contributed by atoms with E-state index in [0.29, 0.717) is 37.6 Å². The molecule has 9 heteroatoms. The van der Waals surface area contributed by atoms with Crippen molar-refractivity contribution < 1.29 is 17.7 Å². The number of nitrogens with zero attached hydrogens (tertiary/aromatic N) is 3. The second-order valence-corrected chi connectivity index (χ2v) is 8.77. The molecule has 28 heavy (non-hydrogen) atoms. The fraction of sp³-hybridized carbons (Fsp3) is 0.474.